The van der Waals surface area contributed by atoms with Crippen LogP contribution in [0.15, 0.2) is 27.6 Å². The van der Waals surface area contributed by atoms with Crippen LogP contribution in [0.5, 0.6) is 0 Å². The largest absolute Gasteiger partial charge is 0.338 e. The Labute approximate surface area is 101 Å². The molecule has 0 N–H and O–H groups in total. The highest BCUT2D eigenvalue weighted by molar-refractivity contribution is 7.99. The normalized spacial score (nSPS) is 12.7. The highest BCUT2D eigenvalue weighted by Gasteiger charge is 2.15. The lowest BCUT2D eigenvalue weighted by Gasteiger charge is -2.06. The Morgan fingerprint density at radius 2 is 2.06 bits per heavy atom. The summed E-state index contributed by atoms with van der Waals surface area (Å²) >= 11 is 1.33. The molecule has 6 heteroatoms. The minimum Gasteiger partial charge on any atom is -0.338 e. The van der Waals surface area contributed by atoms with Crippen molar-refractivity contribution in [2.75, 3.05) is 0 Å². The van der Waals surface area contributed by atoms with Crippen molar-refractivity contribution in [2.24, 2.45) is 0 Å². The Morgan fingerprint density at radius 1 is 1.29 bits per heavy atom. The van der Waals surface area contributed by atoms with Gasteiger partial charge in [0.2, 0.25) is 5.89 Å². The number of hydrogen-bond acceptors (Lipinski definition) is 4. The van der Waals surface area contributed by atoms with E-state index < -0.39 is 11.6 Å². The Kier molecular flexibility index (Phi) is 3.42. The summed E-state index contributed by atoms with van der Waals surface area (Å²) in [5, 5.41) is 3.57. The number of nitrogens with zero attached hydrogens (tertiary/aromatic N) is 2. The van der Waals surface area contributed by atoms with Gasteiger partial charge in [-0.25, -0.2) is 8.78 Å². The van der Waals surface area contributed by atoms with Gasteiger partial charge in [0.1, 0.15) is 0 Å². The van der Waals surface area contributed by atoms with E-state index in [2.05, 4.69) is 10.1 Å². The minimum atomic E-state index is -0.857. The van der Waals surface area contributed by atoms with Crippen molar-refractivity contribution >= 4 is 11.8 Å². The fraction of sp³-hybridized carbons (Fsp3) is 0.273. The fourth-order valence-electron chi connectivity index (χ4n) is 1.28. The number of hydrogen-bond donors (Lipinski definition) is 0. The molecule has 0 aliphatic carbocycles. The zero-order valence-corrected chi connectivity index (χ0v) is 10.1. The van der Waals surface area contributed by atoms with Gasteiger partial charge in [0.25, 0.3) is 0 Å². The molecule has 1 atom stereocenters. The molecule has 0 spiro atoms. The molecule has 1 heterocycles. The molecule has 1 aromatic carbocycles. The van der Waals surface area contributed by atoms with Gasteiger partial charge in [-0.15, -0.1) is 11.8 Å². The van der Waals surface area contributed by atoms with Gasteiger partial charge in [-0.1, -0.05) is 5.16 Å². The van der Waals surface area contributed by atoms with Crippen LogP contribution >= 0.6 is 11.8 Å². The number of halogens is 2. The zero-order valence-electron chi connectivity index (χ0n) is 9.28. The minimum absolute atomic E-state index is 0.110. The first-order chi connectivity index (χ1) is 8.06. The standard InChI is InChI=1S/C11H10F2N2OS/c1-6(11-14-7(2)15-16-11)17-8-3-4-9(12)10(13)5-8/h3-6H,1-2H3/t6-/m1/s1. The molecule has 3 nitrogen and oxygen atoms in total. The van der Waals surface area contributed by atoms with Gasteiger partial charge in [0.05, 0.1) is 5.25 Å². The fourth-order valence-corrected chi connectivity index (χ4v) is 2.21. The van der Waals surface area contributed by atoms with Crippen LogP contribution < -0.4 is 0 Å². The molecule has 2 rings (SSSR count). The molecule has 0 amide bonds. The Balaban J connectivity index is 2.12. The van der Waals surface area contributed by atoms with E-state index in [1.807, 2.05) is 6.92 Å². The Bertz CT molecular complexity index is 530. The molecule has 0 aliphatic heterocycles. The van der Waals surface area contributed by atoms with Crippen molar-refractivity contribution in [3.8, 4) is 0 Å². The summed E-state index contributed by atoms with van der Waals surface area (Å²) in [5.74, 6) is -0.686. The van der Waals surface area contributed by atoms with Gasteiger partial charge in [0, 0.05) is 4.90 Å². The predicted octanol–water partition coefficient (Wildman–Crippen LogP) is 3.51. The quantitative estimate of drug-likeness (QED) is 0.788. The topological polar surface area (TPSA) is 38.9 Å². The summed E-state index contributed by atoms with van der Waals surface area (Å²) in [7, 11) is 0. The van der Waals surface area contributed by atoms with Gasteiger partial charge in [-0.3, -0.25) is 0 Å². The predicted molar refractivity (Wildman–Crippen MR) is 59.7 cm³/mol. The summed E-state index contributed by atoms with van der Waals surface area (Å²) < 4.78 is 30.7. The number of rotatable bonds is 3. The highest BCUT2D eigenvalue weighted by Crippen LogP contribution is 2.34. The van der Waals surface area contributed by atoms with Crippen LogP contribution in [0.25, 0.3) is 0 Å². The average molecular weight is 256 g/mol. The zero-order chi connectivity index (χ0) is 12.4. The third-order valence-electron chi connectivity index (χ3n) is 2.09. The van der Waals surface area contributed by atoms with E-state index in [0.717, 1.165) is 12.1 Å². The van der Waals surface area contributed by atoms with Crippen molar-refractivity contribution in [3.63, 3.8) is 0 Å². The lowest BCUT2D eigenvalue weighted by Crippen LogP contribution is -1.90. The molecule has 0 unspecified atom stereocenters. The molecular formula is C11H10F2N2OS. The number of thioether (sulfide) groups is 1. The molecule has 0 aliphatic rings. The third-order valence-corrected chi connectivity index (χ3v) is 3.18. The second-order valence-electron chi connectivity index (χ2n) is 3.52. The lowest BCUT2D eigenvalue weighted by molar-refractivity contribution is 0.376. The first-order valence-corrected chi connectivity index (χ1v) is 5.86. The first kappa shape index (κ1) is 12.0. The van der Waals surface area contributed by atoms with Crippen LogP contribution in [0.4, 0.5) is 8.78 Å². The van der Waals surface area contributed by atoms with Crippen molar-refractivity contribution in [1.29, 1.82) is 0 Å². The summed E-state index contributed by atoms with van der Waals surface area (Å²) in [6.07, 6.45) is 0. The van der Waals surface area contributed by atoms with Crippen molar-refractivity contribution in [3.05, 3.63) is 41.5 Å². The molecule has 0 saturated carbocycles. The van der Waals surface area contributed by atoms with E-state index in [1.165, 1.54) is 17.8 Å². The SMILES string of the molecule is Cc1noc([C@@H](C)Sc2ccc(F)c(F)c2)n1. The summed E-state index contributed by atoms with van der Waals surface area (Å²) in [5.41, 5.74) is 0. The molecule has 17 heavy (non-hydrogen) atoms. The van der Waals surface area contributed by atoms with Crippen molar-refractivity contribution in [1.82, 2.24) is 10.1 Å². The molecule has 0 radical (unpaired) electrons. The molecular weight excluding hydrogens is 246 g/mol. The maximum atomic E-state index is 13.0. The number of benzene rings is 1. The maximum absolute atomic E-state index is 13.0. The van der Waals surface area contributed by atoms with E-state index in [4.69, 9.17) is 4.52 Å². The van der Waals surface area contributed by atoms with Crippen LogP contribution in [0, 0.1) is 18.6 Å². The monoisotopic (exact) mass is 256 g/mol. The van der Waals surface area contributed by atoms with Crippen LogP contribution in [-0.4, -0.2) is 10.1 Å². The van der Waals surface area contributed by atoms with E-state index in [0.29, 0.717) is 16.6 Å². The van der Waals surface area contributed by atoms with Crippen molar-refractivity contribution < 1.29 is 13.3 Å². The molecule has 1 aromatic heterocycles. The first-order valence-electron chi connectivity index (χ1n) is 4.98. The van der Waals surface area contributed by atoms with E-state index in [-0.39, 0.29) is 5.25 Å². The van der Waals surface area contributed by atoms with Crippen LogP contribution in [0.3, 0.4) is 0 Å². The second-order valence-corrected chi connectivity index (χ2v) is 4.93. The van der Waals surface area contributed by atoms with E-state index in [1.54, 1.807) is 6.92 Å². The molecule has 0 bridgehead atoms. The van der Waals surface area contributed by atoms with Gasteiger partial charge in [-0.2, -0.15) is 4.98 Å². The van der Waals surface area contributed by atoms with Gasteiger partial charge in [0.15, 0.2) is 17.5 Å². The Hall–Kier alpha value is -1.43. The smallest absolute Gasteiger partial charge is 0.239 e. The maximum Gasteiger partial charge on any atom is 0.239 e. The van der Waals surface area contributed by atoms with Crippen molar-refractivity contribution in [2.45, 2.75) is 24.0 Å². The number of aromatic nitrogens is 2. The third kappa shape index (κ3) is 2.82. The van der Waals surface area contributed by atoms with Gasteiger partial charge >= 0.3 is 0 Å². The molecule has 0 saturated heterocycles. The summed E-state index contributed by atoms with van der Waals surface area (Å²) in [4.78, 5) is 4.70. The summed E-state index contributed by atoms with van der Waals surface area (Å²) in [6.45, 7) is 3.58. The molecule has 90 valence electrons. The van der Waals surface area contributed by atoms with E-state index >= 15 is 0 Å². The molecule has 0 fully saturated rings. The highest BCUT2D eigenvalue weighted by atomic mass is 32.2. The summed E-state index contributed by atoms with van der Waals surface area (Å²) in [6, 6.07) is 3.77. The van der Waals surface area contributed by atoms with Crippen LogP contribution in [-0.2, 0) is 0 Å². The van der Waals surface area contributed by atoms with Gasteiger partial charge in [-0.05, 0) is 32.0 Å². The van der Waals surface area contributed by atoms with Crippen LogP contribution in [0.1, 0.15) is 23.9 Å². The van der Waals surface area contributed by atoms with Gasteiger partial charge < -0.3 is 4.52 Å². The second kappa shape index (κ2) is 4.83. The van der Waals surface area contributed by atoms with Crippen LogP contribution in [0.2, 0.25) is 0 Å². The lowest BCUT2D eigenvalue weighted by atomic mass is 10.3. The van der Waals surface area contributed by atoms with E-state index in [9.17, 15) is 8.78 Å². The number of aryl methyl sites for hydroxylation is 1. The molecule has 2 aromatic rings. The average Bonchev–Trinajstić information content (AvgIpc) is 2.70. The Morgan fingerprint density at radius 3 is 2.65 bits per heavy atom.